The van der Waals surface area contributed by atoms with Gasteiger partial charge in [-0.15, -0.1) is 10.2 Å². The Morgan fingerprint density at radius 2 is 1.96 bits per heavy atom. The number of amides is 1. The van der Waals surface area contributed by atoms with E-state index in [0.717, 1.165) is 5.56 Å². The summed E-state index contributed by atoms with van der Waals surface area (Å²) in [6.07, 6.45) is -1.47. The molecule has 0 saturated heterocycles. The van der Waals surface area contributed by atoms with Crippen molar-refractivity contribution < 1.29 is 22.4 Å². The van der Waals surface area contributed by atoms with Crippen molar-refractivity contribution in [2.45, 2.75) is 19.5 Å². The van der Waals surface area contributed by atoms with Crippen molar-refractivity contribution in [2.75, 3.05) is 0 Å². The molecule has 0 aliphatic carbocycles. The van der Waals surface area contributed by atoms with Crippen molar-refractivity contribution in [1.29, 1.82) is 0 Å². The largest absolute Gasteiger partial charge is 0.415 e. The van der Waals surface area contributed by atoms with Gasteiger partial charge in [0, 0.05) is 12.7 Å². The van der Waals surface area contributed by atoms with Gasteiger partial charge in [-0.1, -0.05) is 12.1 Å². The van der Waals surface area contributed by atoms with E-state index in [1.165, 1.54) is 24.4 Å². The van der Waals surface area contributed by atoms with Crippen molar-refractivity contribution in [3.63, 3.8) is 0 Å². The molecule has 132 valence electrons. The molecule has 1 amide bonds. The number of hydrogen-bond donors (Lipinski definition) is 0. The van der Waals surface area contributed by atoms with E-state index in [0.29, 0.717) is 29.9 Å². The molecule has 3 aromatic rings. The molecule has 0 saturated carbocycles. The van der Waals surface area contributed by atoms with E-state index in [1.54, 1.807) is 17.0 Å². The minimum absolute atomic E-state index is 0.125. The minimum Gasteiger partial charge on any atom is -0.415 e. The molecule has 0 atom stereocenters. The number of carbonyl (C=O) groups excluding carboxylic acids is 1. The Balaban J connectivity index is 1.57. The second-order valence-corrected chi connectivity index (χ2v) is 5.75. The van der Waals surface area contributed by atoms with Gasteiger partial charge < -0.3 is 9.32 Å². The van der Waals surface area contributed by atoms with Crippen molar-refractivity contribution in [2.24, 2.45) is 0 Å². The summed E-state index contributed by atoms with van der Waals surface area (Å²) in [4.78, 5) is 18.4. The molecule has 3 heterocycles. The fraction of sp³-hybridized carbons (Fsp3) is 0.176. The predicted molar refractivity (Wildman–Crippen MR) is 82.5 cm³/mol. The fourth-order valence-electron chi connectivity index (χ4n) is 2.72. The highest BCUT2D eigenvalue weighted by molar-refractivity contribution is 5.98. The lowest BCUT2D eigenvalue weighted by molar-refractivity contribution is 0.0766. The molecule has 26 heavy (non-hydrogen) atoms. The van der Waals surface area contributed by atoms with Crippen molar-refractivity contribution in [3.8, 4) is 11.5 Å². The summed E-state index contributed by atoms with van der Waals surface area (Å²) in [6, 6.07) is 7.37. The highest BCUT2D eigenvalue weighted by atomic mass is 19.3. The number of benzene rings is 1. The van der Waals surface area contributed by atoms with Gasteiger partial charge in [-0.05, 0) is 23.8 Å². The number of rotatable bonds is 4. The van der Waals surface area contributed by atoms with Crippen molar-refractivity contribution in [3.05, 3.63) is 65.1 Å². The first-order valence-electron chi connectivity index (χ1n) is 7.66. The van der Waals surface area contributed by atoms with E-state index in [2.05, 4.69) is 15.2 Å². The van der Waals surface area contributed by atoms with Gasteiger partial charge in [-0.2, -0.15) is 8.78 Å². The zero-order valence-corrected chi connectivity index (χ0v) is 13.2. The lowest BCUT2D eigenvalue weighted by Gasteiger charge is -2.15. The van der Waals surface area contributed by atoms with E-state index in [1.807, 2.05) is 0 Å². The monoisotopic (exact) mass is 360 g/mol. The number of alkyl halides is 2. The first-order chi connectivity index (χ1) is 12.5. The van der Waals surface area contributed by atoms with Crippen LogP contribution in [-0.4, -0.2) is 26.0 Å². The van der Waals surface area contributed by atoms with Gasteiger partial charge in [0.2, 0.25) is 5.89 Å². The summed E-state index contributed by atoms with van der Waals surface area (Å²) in [6.45, 7) is 0.610. The molecule has 0 unspecified atom stereocenters. The predicted octanol–water partition coefficient (Wildman–Crippen LogP) is 3.36. The molecule has 0 N–H and O–H groups in total. The highest BCUT2D eigenvalue weighted by Gasteiger charge is 2.29. The van der Waals surface area contributed by atoms with E-state index >= 15 is 0 Å². The zero-order chi connectivity index (χ0) is 18.3. The third-order valence-electron chi connectivity index (χ3n) is 3.99. The van der Waals surface area contributed by atoms with Crippen LogP contribution in [0.1, 0.15) is 33.9 Å². The van der Waals surface area contributed by atoms with Crippen LogP contribution in [0.4, 0.5) is 13.2 Å². The summed E-state index contributed by atoms with van der Waals surface area (Å²) in [7, 11) is 0. The quantitative estimate of drug-likeness (QED) is 0.713. The molecule has 9 heteroatoms. The Labute approximate surface area is 145 Å². The molecule has 0 bridgehead atoms. The number of halogens is 3. The molecule has 0 radical (unpaired) electrons. The zero-order valence-electron chi connectivity index (χ0n) is 13.2. The smallest absolute Gasteiger partial charge is 0.314 e. The lowest BCUT2D eigenvalue weighted by Crippen LogP contribution is -2.23. The third-order valence-corrected chi connectivity index (χ3v) is 3.99. The van der Waals surface area contributed by atoms with Gasteiger partial charge >= 0.3 is 6.43 Å². The molecule has 4 rings (SSSR count). The van der Waals surface area contributed by atoms with Crippen LogP contribution < -0.4 is 0 Å². The van der Waals surface area contributed by atoms with Crippen molar-refractivity contribution >= 4 is 5.91 Å². The van der Waals surface area contributed by atoms with Crippen LogP contribution in [0, 0.1) is 5.82 Å². The Kier molecular flexibility index (Phi) is 3.90. The molecule has 6 nitrogen and oxygen atoms in total. The first-order valence-corrected chi connectivity index (χ1v) is 7.66. The van der Waals surface area contributed by atoms with Crippen LogP contribution in [0.15, 0.2) is 40.9 Å². The number of pyridine rings is 1. The van der Waals surface area contributed by atoms with Crippen LogP contribution >= 0.6 is 0 Å². The van der Waals surface area contributed by atoms with Crippen LogP contribution in [0.2, 0.25) is 0 Å². The summed E-state index contributed by atoms with van der Waals surface area (Å²) < 4.78 is 43.0. The Morgan fingerprint density at radius 3 is 2.65 bits per heavy atom. The van der Waals surface area contributed by atoms with Gasteiger partial charge in [0.1, 0.15) is 5.82 Å². The maximum atomic E-state index is 13.0. The Morgan fingerprint density at radius 1 is 1.19 bits per heavy atom. The summed E-state index contributed by atoms with van der Waals surface area (Å²) in [5, 5.41) is 6.82. The van der Waals surface area contributed by atoms with E-state index < -0.39 is 12.3 Å². The van der Waals surface area contributed by atoms with Gasteiger partial charge in [0.15, 0.2) is 0 Å². The molecule has 0 spiro atoms. The minimum atomic E-state index is -2.87. The molecular formula is C17H11F3N4O2. The van der Waals surface area contributed by atoms with Crippen LogP contribution in [0.3, 0.4) is 0 Å². The fourth-order valence-corrected chi connectivity index (χ4v) is 2.72. The van der Waals surface area contributed by atoms with Gasteiger partial charge in [0.05, 0.1) is 23.4 Å². The normalized spacial score (nSPS) is 13.5. The molecule has 1 aliphatic heterocycles. The maximum Gasteiger partial charge on any atom is 0.314 e. The average molecular weight is 360 g/mol. The third kappa shape index (κ3) is 2.92. The number of fused-ring (bicyclic) bond motifs is 1. The van der Waals surface area contributed by atoms with Gasteiger partial charge in [-0.3, -0.25) is 9.78 Å². The average Bonchev–Trinajstić information content (AvgIpc) is 3.23. The SMILES string of the molecule is O=C1c2cc(-c3nnc(C(F)F)o3)cnc2CN1Cc1ccc(F)cc1. The van der Waals surface area contributed by atoms with Gasteiger partial charge in [-0.25, -0.2) is 4.39 Å². The van der Waals surface area contributed by atoms with E-state index in [9.17, 15) is 18.0 Å². The van der Waals surface area contributed by atoms with Gasteiger partial charge in [0.25, 0.3) is 11.8 Å². The summed E-state index contributed by atoms with van der Waals surface area (Å²) >= 11 is 0. The number of carbonyl (C=O) groups is 1. The maximum absolute atomic E-state index is 13.0. The molecule has 2 aromatic heterocycles. The second kappa shape index (κ2) is 6.25. The summed E-state index contributed by atoms with van der Waals surface area (Å²) in [5.41, 5.74) is 1.99. The second-order valence-electron chi connectivity index (χ2n) is 5.75. The number of nitrogens with zero attached hydrogens (tertiary/aromatic N) is 4. The first kappa shape index (κ1) is 16.2. The van der Waals surface area contributed by atoms with E-state index in [-0.39, 0.29) is 17.6 Å². The Bertz CT molecular complexity index is 972. The topological polar surface area (TPSA) is 72.1 Å². The van der Waals surface area contributed by atoms with Crippen LogP contribution in [-0.2, 0) is 13.1 Å². The standard InChI is InChI=1S/C17H11F3N4O2/c18-11-3-1-9(2-4-11)7-24-8-13-12(17(24)25)5-10(6-21-13)15-22-23-16(26-15)14(19)20/h1-6,14H,7-8H2. The molecular weight excluding hydrogens is 349 g/mol. The van der Waals surface area contributed by atoms with Crippen molar-refractivity contribution in [1.82, 2.24) is 20.1 Å². The Hall–Kier alpha value is -3.23. The number of hydrogen-bond acceptors (Lipinski definition) is 5. The lowest BCUT2D eigenvalue weighted by atomic mass is 10.1. The highest BCUT2D eigenvalue weighted by Crippen LogP contribution is 2.28. The molecule has 0 fully saturated rings. The molecule has 1 aliphatic rings. The van der Waals surface area contributed by atoms with Crippen LogP contribution in [0.25, 0.3) is 11.5 Å². The molecule has 1 aromatic carbocycles. The number of aromatic nitrogens is 3. The van der Waals surface area contributed by atoms with E-state index in [4.69, 9.17) is 4.42 Å². The summed E-state index contributed by atoms with van der Waals surface area (Å²) in [5.74, 6) is -1.52. The van der Waals surface area contributed by atoms with Crippen LogP contribution in [0.5, 0.6) is 0 Å².